The monoisotopic (exact) mass is 635 g/mol. The van der Waals surface area contributed by atoms with E-state index in [9.17, 15) is 0 Å². The second-order valence-corrected chi connectivity index (χ2v) is 13.3. The van der Waals surface area contributed by atoms with E-state index in [1.165, 1.54) is 78.1 Å². The zero-order chi connectivity index (χ0) is 33.1. The summed E-state index contributed by atoms with van der Waals surface area (Å²) in [5.74, 6) is 0. The molecule has 2 aliphatic rings. The normalized spacial score (nSPS) is 13.3. The van der Waals surface area contributed by atoms with Crippen molar-refractivity contribution in [1.29, 1.82) is 0 Å². The van der Waals surface area contributed by atoms with E-state index in [0.29, 0.717) is 0 Å². The molecule has 1 heteroatoms. The smallest absolute Gasteiger partial charge is 0.0754 e. The van der Waals surface area contributed by atoms with E-state index < -0.39 is 5.41 Å². The summed E-state index contributed by atoms with van der Waals surface area (Å²) in [7, 11) is 0. The van der Waals surface area contributed by atoms with Crippen LogP contribution >= 0.6 is 0 Å². The van der Waals surface area contributed by atoms with Gasteiger partial charge in [0.1, 0.15) is 0 Å². The minimum Gasteiger partial charge on any atom is -0.310 e. The molecule has 0 radical (unpaired) electrons. The standard InChI is InChI=1S/C49H33N/c1-4-16-34(17-5-1)36-28-30-47-45(32-36)49(43-26-14-12-24-41(43)42-25-13-15-27-44(42)49)46-33-37(29-31-48(46)50(47)38-20-8-3-9-21-38)40-23-11-10-22-39(40)35-18-6-2-7-19-35/h1-33H. The average molecular weight is 636 g/mol. The zero-order valence-electron chi connectivity index (χ0n) is 27.5. The highest BCUT2D eigenvalue weighted by molar-refractivity contribution is 5.98. The van der Waals surface area contributed by atoms with Gasteiger partial charge in [0.15, 0.2) is 0 Å². The molecule has 0 saturated heterocycles. The number of nitrogens with zero attached hydrogens (tertiary/aromatic N) is 1. The summed E-state index contributed by atoms with van der Waals surface area (Å²) >= 11 is 0. The highest BCUT2D eigenvalue weighted by atomic mass is 15.2. The number of benzene rings is 8. The minimum atomic E-state index is -0.536. The molecule has 8 aromatic carbocycles. The Morgan fingerprint density at radius 1 is 0.280 bits per heavy atom. The summed E-state index contributed by atoms with van der Waals surface area (Å²) in [5, 5.41) is 0. The van der Waals surface area contributed by atoms with Crippen molar-refractivity contribution in [3.05, 3.63) is 222 Å². The maximum atomic E-state index is 2.49. The Morgan fingerprint density at radius 2 is 0.700 bits per heavy atom. The molecular formula is C49H33N. The van der Waals surface area contributed by atoms with Gasteiger partial charge >= 0.3 is 0 Å². The highest BCUT2D eigenvalue weighted by Crippen LogP contribution is 2.64. The van der Waals surface area contributed by atoms with Crippen LogP contribution in [0.15, 0.2) is 200 Å². The number of hydrogen-bond donors (Lipinski definition) is 0. The quantitative estimate of drug-likeness (QED) is 0.186. The number of anilines is 3. The zero-order valence-corrected chi connectivity index (χ0v) is 27.5. The molecule has 1 aliphatic heterocycles. The molecule has 0 aromatic heterocycles. The fourth-order valence-electron chi connectivity index (χ4n) is 8.59. The molecular weight excluding hydrogens is 603 g/mol. The van der Waals surface area contributed by atoms with Gasteiger partial charge in [-0.25, -0.2) is 0 Å². The lowest BCUT2D eigenvalue weighted by atomic mass is 9.64. The van der Waals surface area contributed by atoms with Crippen molar-refractivity contribution < 1.29 is 0 Å². The van der Waals surface area contributed by atoms with Crippen molar-refractivity contribution in [1.82, 2.24) is 0 Å². The molecule has 10 rings (SSSR count). The number of hydrogen-bond acceptors (Lipinski definition) is 1. The van der Waals surface area contributed by atoms with Gasteiger partial charge in [-0.1, -0.05) is 164 Å². The Kier molecular flexibility index (Phi) is 6.47. The van der Waals surface area contributed by atoms with Gasteiger partial charge in [0.25, 0.3) is 0 Å². The first kappa shape index (κ1) is 28.6. The van der Waals surface area contributed by atoms with Crippen molar-refractivity contribution in [2.45, 2.75) is 5.41 Å². The van der Waals surface area contributed by atoms with Crippen molar-refractivity contribution in [3.63, 3.8) is 0 Å². The van der Waals surface area contributed by atoms with E-state index in [2.05, 4.69) is 205 Å². The summed E-state index contributed by atoms with van der Waals surface area (Å²) in [6.45, 7) is 0. The molecule has 1 heterocycles. The van der Waals surface area contributed by atoms with E-state index in [1.54, 1.807) is 0 Å². The Labute approximate surface area is 293 Å². The predicted octanol–water partition coefficient (Wildman–Crippen LogP) is 12.8. The van der Waals surface area contributed by atoms with Gasteiger partial charge in [-0.15, -0.1) is 0 Å². The van der Waals surface area contributed by atoms with E-state index in [4.69, 9.17) is 0 Å². The summed E-state index contributed by atoms with van der Waals surface area (Å²) in [5.41, 5.74) is 18.2. The molecule has 1 spiro atoms. The van der Waals surface area contributed by atoms with Crippen LogP contribution in [0.5, 0.6) is 0 Å². The Balaban J connectivity index is 1.34. The SMILES string of the molecule is c1ccc(-c2ccc3c(c2)C2(c4ccccc4-c4ccccc42)c2cc(-c4ccccc4-c4ccccc4)ccc2N3c2ccccc2)cc1. The predicted molar refractivity (Wildman–Crippen MR) is 208 cm³/mol. The second kappa shape index (κ2) is 11.3. The minimum absolute atomic E-state index is 0.536. The summed E-state index contributed by atoms with van der Waals surface area (Å²) < 4.78 is 0. The molecule has 234 valence electrons. The first-order chi connectivity index (χ1) is 24.8. The summed E-state index contributed by atoms with van der Waals surface area (Å²) in [6, 6.07) is 73.6. The Hall–Kier alpha value is -6.44. The van der Waals surface area contributed by atoms with E-state index in [0.717, 1.165) is 5.69 Å². The van der Waals surface area contributed by atoms with Crippen LogP contribution in [0.3, 0.4) is 0 Å². The molecule has 1 nitrogen and oxygen atoms in total. The number of para-hydroxylation sites is 1. The molecule has 0 saturated carbocycles. The van der Waals surface area contributed by atoms with Crippen LogP contribution in [0.4, 0.5) is 17.1 Å². The lowest BCUT2D eigenvalue weighted by molar-refractivity contribution is 0.753. The molecule has 0 fully saturated rings. The van der Waals surface area contributed by atoms with Crippen molar-refractivity contribution >= 4 is 17.1 Å². The van der Waals surface area contributed by atoms with Gasteiger partial charge in [-0.05, 0) is 103 Å². The highest BCUT2D eigenvalue weighted by Gasteiger charge is 2.52. The van der Waals surface area contributed by atoms with Crippen LogP contribution in [0.25, 0.3) is 44.5 Å². The fraction of sp³-hybridized carbons (Fsp3) is 0.0204. The average Bonchev–Trinajstić information content (AvgIpc) is 3.50. The number of rotatable bonds is 4. The maximum Gasteiger partial charge on any atom is 0.0754 e. The molecule has 50 heavy (non-hydrogen) atoms. The number of fused-ring (bicyclic) bond motifs is 9. The first-order valence-electron chi connectivity index (χ1n) is 17.4. The molecule has 0 amide bonds. The van der Waals surface area contributed by atoms with Gasteiger partial charge in [-0.2, -0.15) is 0 Å². The maximum absolute atomic E-state index is 2.49. The van der Waals surface area contributed by atoms with Crippen LogP contribution in [0.2, 0.25) is 0 Å². The molecule has 8 aromatic rings. The first-order valence-corrected chi connectivity index (χ1v) is 17.4. The van der Waals surface area contributed by atoms with Crippen LogP contribution in [-0.2, 0) is 5.41 Å². The molecule has 0 unspecified atom stereocenters. The lowest BCUT2D eigenvalue weighted by Crippen LogP contribution is -2.36. The van der Waals surface area contributed by atoms with Crippen molar-refractivity contribution in [2.24, 2.45) is 0 Å². The van der Waals surface area contributed by atoms with E-state index in [1.807, 2.05) is 0 Å². The third-order valence-corrected chi connectivity index (χ3v) is 10.7. The van der Waals surface area contributed by atoms with Crippen LogP contribution in [0.1, 0.15) is 22.3 Å². The molecule has 0 bridgehead atoms. The second-order valence-electron chi connectivity index (χ2n) is 13.3. The third-order valence-electron chi connectivity index (χ3n) is 10.7. The summed E-state index contributed by atoms with van der Waals surface area (Å²) in [4.78, 5) is 2.47. The van der Waals surface area contributed by atoms with Gasteiger partial charge in [0.05, 0.1) is 16.8 Å². The lowest BCUT2D eigenvalue weighted by Gasteiger charge is -2.45. The molecule has 0 atom stereocenters. The van der Waals surface area contributed by atoms with Gasteiger partial charge in [-0.3, -0.25) is 0 Å². The molecule has 0 N–H and O–H groups in total. The Bertz CT molecular complexity index is 2490. The third kappa shape index (κ3) is 4.14. The van der Waals surface area contributed by atoms with Gasteiger partial charge in [0, 0.05) is 5.69 Å². The largest absolute Gasteiger partial charge is 0.310 e. The van der Waals surface area contributed by atoms with Gasteiger partial charge < -0.3 is 4.90 Å². The van der Waals surface area contributed by atoms with Crippen molar-refractivity contribution in [2.75, 3.05) is 4.90 Å². The van der Waals surface area contributed by atoms with Gasteiger partial charge in [0.2, 0.25) is 0 Å². The van der Waals surface area contributed by atoms with Crippen molar-refractivity contribution in [3.8, 4) is 44.5 Å². The fourth-order valence-corrected chi connectivity index (χ4v) is 8.59. The molecule has 1 aliphatic carbocycles. The summed E-state index contributed by atoms with van der Waals surface area (Å²) in [6.07, 6.45) is 0. The Morgan fingerprint density at radius 3 is 1.28 bits per heavy atom. The van der Waals surface area contributed by atoms with Crippen LogP contribution in [0, 0.1) is 0 Å². The van der Waals surface area contributed by atoms with Crippen LogP contribution in [-0.4, -0.2) is 0 Å². The van der Waals surface area contributed by atoms with E-state index in [-0.39, 0.29) is 0 Å². The van der Waals surface area contributed by atoms with Crippen LogP contribution < -0.4 is 4.90 Å². The topological polar surface area (TPSA) is 3.24 Å². The van der Waals surface area contributed by atoms with E-state index >= 15 is 0 Å².